The first-order valence-electron chi connectivity index (χ1n) is 9.15. The minimum Gasteiger partial charge on any atom is -0.458 e. The fourth-order valence-corrected chi connectivity index (χ4v) is 4.58. The molecular formula is C20H24N2O3. The van der Waals surface area contributed by atoms with Crippen molar-refractivity contribution in [1.82, 2.24) is 4.57 Å². The molecule has 1 N–H and O–H groups in total. The number of amides is 1. The van der Waals surface area contributed by atoms with E-state index in [1.165, 1.54) is 11.2 Å². The second-order valence-electron chi connectivity index (χ2n) is 7.30. The van der Waals surface area contributed by atoms with Crippen LogP contribution < -0.4 is 5.32 Å². The van der Waals surface area contributed by atoms with Crippen molar-refractivity contribution in [3.05, 3.63) is 30.0 Å². The number of anilines is 1. The number of hydrogen-bond acceptors (Lipinski definition) is 3. The molecule has 1 unspecified atom stereocenters. The Bertz CT molecular complexity index is 846. The minimum absolute atomic E-state index is 0.0984. The highest BCUT2D eigenvalue weighted by Crippen LogP contribution is 2.46. The standard InChI is InChI=1S/C20H24N2O3/c1-3-22-13(2)10-14-11-15(6-7-17(14)22)21-19(24)16-12-18(23)25-20(16)8-4-5-9-20/h6-7,10-11,16H,3-5,8-9,12H2,1-2H3,(H,21,24). The molecule has 2 aliphatic rings. The Balaban J connectivity index is 1.58. The lowest BCUT2D eigenvalue weighted by Gasteiger charge is -2.27. The van der Waals surface area contributed by atoms with Crippen molar-refractivity contribution >= 4 is 28.5 Å². The number of nitrogens with one attached hydrogen (secondary N) is 1. The molecule has 2 aromatic rings. The molecule has 25 heavy (non-hydrogen) atoms. The van der Waals surface area contributed by atoms with Crippen LogP contribution in [0, 0.1) is 12.8 Å². The summed E-state index contributed by atoms with van der Waals surface area (Å²) in [5, 5.41) is 4.13. The maximum Gasteiger partial charge on any atom is 0.307 e. The van der Waals surface area contributed by atoms with Gasteiger partial charge in [0.15, 0.2) is 0 Å². The van der Waals surface area contributed by atoms with Crippen LogP contribution in [0.3, 0.4) is 0 Å². The monoisotopic (exact) mass is 340 g/mol. The molecule has 1 aliphatic carbocycles. The third-order valence-electron chi connectivity index (χ3n) is 5.78. The van der Waals surface area contributed by atoms with Crippen LogP contribution in [-0.2, 0) is 20.9 Å². The van der Waals surface area contributed by atoms with Gasteiger partial charge >= 0.3 is 5.97 Å². The summed E-state index contributed by atoms with van der Waals surface area (Å²) in [5.74, 6) is -0.716. The van der Waals surface area contributed by atoms with Crippen molar-refractivity contribution < 1.29 is 14.3 Å². The quantitative estimate of drug-likeness (QED) is 0.865. The van der Waals surface area contributed by atoms with E-state index in [1.807, 2.05) is 18.2 Å². The molecule has 1 atom stereocenters. The number of hydrogen-bond donors (Lipinski definition) is 1. The number of benzene rings is 1. The fourth-order valence-electron chi connectivity index (χ4n) is 4.58. The molecule has 1 amide bonds. The number of nitrogens with zero attached hydrogens (tertiary/aromatic N) is 1. The Labute approximate surface area is 147 Å². The number of aromatic nitrogens is 1. The molecule has 0 radical (unpaired) electrons. The molecule has 5 nitrogen and oxygen atoms in total. The summed E-state index contributed by atoms with van der Waals surface area (Å²) >= 11 is 0. The molecule has 1 spiro atoms. The predicted octanol–water partition coefficient (Wildman–Crippen LogP) is 3.78. The predicted molar refractivity (Wildman–Crippen MR) is 96.4 cm³/mol. The maximum atomic E-state index is 12.8. The van der Waals surface area contributed by atoms with E-state index in [-0.39, 0.29) is 24.2 Å². The van der Waals surface area contributed by atoms with E-state index >= 15 is 0 Å². The van der Waals surface area contributed by atoms with Gasteiger partial charge in [0, 0.05) is 28.8 Å². The zero-order valence-corrected chi connectivity index (χ0v) is 14.8. The number of ether oxygens (including phenoxy) is 1. The normalized spacial score (nSPS) is 21.8. The number of carbonyl (C=O) groups is 2. The summed E-state index contributed by atoms with van der Waals surface area (Å²) in [7, 11) is 0. The molecule has 1 aromatic carbocycles. The first-order chi connectivity index (χ1) is 12.0. The molecule has 1 aliphatic heterocycles. The highest BCUT2D eigenvalue weighted by atomic mass is 16.6. The lowest BCUT2D eigenvalue weighted by molar-refractivity contribution is -0.149. The molecule has 5 heteroatoms. The van der Waals surface area contributed by atoms with Crippen molar-refractivity contribution in [3.8, 4) is 0 Å². The van der Waals surface area contributed by atoms with Crippen molar-refractivity contribution in [2.24, 2.45) is 5.92 Å². The van der Waals surface area contributed by atoms with Crippen LogP contribution in [-0.4, -0.2) is 22.0 Å². The number of fused-ring (bicyclic) bond motifs is 1. The van der Waals surface area contributed by atoms with Crippen LogP contribution in [0.25, 0.3) is 10.9 Å². The van der Waals surface area contributed by atoms with Crippen LogP contribution in [0.15, 0.2) is 24.3 Å². The topological polar surface area (TPSA) is 60.3 Å². The molecule has 1 saturated carbocycles. The highest BCUT2D eigenvalue weighted by Gasteiger charge is 2.53. The number of rotatable bonds is 3. The third kappa shape index (κ3) is 2.62. The van der Waals surface area contributed by atoms with Gasteiger partial charge < -0.3 is 14.6 Å². The largest absolute Gasteiger partial charge is 0.458 e. The van der Waals surface area contributed by atoms with Gasteiger partial charge in [0.1, 0.15) is 5.60 Å². The van der Waals surface area contributed by atoms with Gasteiger partial charge in [0.05, 0.1) is 12.3 Å². The Morgan fingerprint density at radius 3 is 2.80 bits per heavy atom. The molecule has 4 rings (SSSR count). The van der Waals surface area contributed by atoms with Crippen LogP contribution in [0.2, 0.25) is 0 Å². The van der Waals surface area contributed by atoms with Crippen LogP contribution in [0.5, 0.6) is 0 Å². The van der Waals surface area contributed by atoms with E-state index in [1.54, 1.807) is 0 Å². The van der Waals surface area contributed by atoms with E-state index in [0.717, 1.165) is 43.3 Å². The van der Waals surface area contributed by atoms with Crippen molar-refractivity contribution in [2.45, 2.75) is 58.1 Å². The summed E-state index contributed by atoms with van der Waals surface area (Å²) < 4.78 is 7.83. The smallest absolute Gasteiger partial charge is 0.307 e. The molecule has 132 valence electrons. The summed E-state index contributed by atoms with van der Waals surface area (Å²) in [6.45, 7) is 5.14. The zero-order chi connectivity index (χ0) is 17.6. The van der Waals surface area contributed by atoms with Crippen molar-refractivity contribution in [3.63, 3.8) is 0 Å². The second-order valence-corrected chi connectivity index (χ2v) is 7.30. The maximum absolute atomic E-state index is 12.8. The SMILES string of the molecule is CCn1c(C)cc2cc(NC(=O)C3CC(=O)OC34CCCC4)ccc21. The molecule has 1 aromatic heterocycles. The average molecular weight is 340 g/mol. The molecular weight excluding hydrogens is 316 g/mol. The van der Waals surface area contributed by atoms with E-state index in [2.05, 4.69) is 29.8 Å². The van der Waals surface area contributed by atoms with E-state index in [9.17, 15) is 9.59 Å². The van der Waals surface area contributed by atoms with E-state index in [4.69, 9.17) is 4.74 Å². The Morgan fingerprint density at radius 1 is 1.32 bits per heavy atom. The van der Waals surface area contributed by atoms with Crippen LogP contribution >= 0.6 is 0 Å². The fraction of sp³-hybridized carbons (Fsp3) is 0.500. The third-order valence-corrected chi connectivity index (χ3v) is 5.78. The van der Waals surface area contributed by atoms with Gasteiger partial charge in [0.25, 0.3) is 0 Å². The van der Waals surface area contributed by atoms with Gasteiger partial charge in [-0.25, -0.2) is 0 Å². The molecule has 1 saturated heterocycles. The van der Waals surface area contributed by atoms with E-state index < -0.39 is 5.60 Å². The van der Waals surface area contributed by atoms with E-state index in [0.29, 0.717) is 0 Å². The molecule has 0 bridgehead atoms. The molecule has 2 heterocycles. The first kappa shape index (κ1) is 16.2. The summed E-state index contributed by atoms with van der Waals surface area (Å²) in [6, 6.07) is 8.12. The van der Waals surface area contributed by atoms with Gasteiger partial charge in [-0.1, -0.05) is 0 Å². The van der Waals surface area contributed by atoms with Gasteiger partial charge in [-0.15, -0.1) is 0 Å². The average Bonchev–Trinajstić information content (AvgIpc) is 3.24. The van der Waals surface area contributed by atoms with Gasteiger partial charge in [-0.05, 0) is 63.8 Å². The van der Waals surface area contributed by atoms with Gasteiger partial charge in [0.2, 0.25) is 5.91 Å². The zero-order valence-electron chi connectivity index (χ0n) is 14.8. The first-order valence-corrected chi connectivity index (χ1v) is 9.15. The Kier molecular flexibility index (Phi) is 3.82. The van der Waals surface area contributed by atoms with Crippen molar-refractivity contribution in [2.75, 3.05) is 5.32 Å². The van der Waals surface area contributed by atoms with Crippen LogP contribution in [0.1, 0.15) is 44.7 Å². The summed E-state index contributed by atoms with van der Waals surface area (Å²) in [4.78, 5) is 24.7. The minimum atomic E-state index is -0.562. The van der Waals surface area contributed by atoms with Gasteiger partial charge in [-0.3, -0.25) is 9.59 Å². The summed E-state index contributed by atoms with van der Waals surface area (Å²) in [6.07, 6.45) is 3.84. The lowest BCUT2D eigenvalue weighted by atomic mass is 9.85. The highest BCUT2D eigenvalue weighted by molar-refractivity contribution is 5.98. The Hall–Kier alpha value is -2.30. The molecule has 2 fully saturated rings. The summed E-state index contributed by atoms with van der Waals surface area (Å²) in [5.41, 5.74) is 2.59. The van der Waals surface area contributed by atoms with Gasteiger partial charge in [-0.2, -0.15) is 0 Å². The number of carbonyl (C=O) groups excluding carboxylic acids is 2. The Morgan fingerprint density at radius 2 is 2.08 bits per heavy atom. The number of aryl methyl sites for hydroxylation is 2. The second kappa shape index (κ2) is 5.90. The number of esters is 1. The van der Waals surface area contributed by atoms with Crippen molar-refractivity contribution in [1.29, 1.82) is 0 Å². The van der Waals surface area contributed by atoms with Crippen LogP contribution in [0.4, 0.5) is 5.69 Å². The lowest BCUT2D eigenvalue weighted by Crippen LogP contribution is -2.39.